The molecule has 0 bridgehead atoms. The molecule has 0 unspecified atom stereocenters. The van der Waals surface area contributed by atoms with E-state index in [-0.39, 0.29) is 5.91 Å². The van der Waals surface area contributed by atoms with Gasteiger partial charge in [-0.25, -0.2) is 9.97 Å². The Morgan fingerprint density at radius 3 is 2.60 bits per heavy atom. The number of benzene rings is 1. The fourth-order valence-electron chi connectivity index (χ4n) is 3.64. The van der Waals surface area contributed by atoms with Crippen LogP contribution in [0.15, 0.2) is 30.6 Å². The Labute approximate surface area is 145 Å². The highest BCUT2D eigenvalue weighted by Gasteiger charge is 2.54. The molecule has 132 valence electrons. The summed E-state index contributed by atoms with van der Waals surface area (Å²) in [6, 6.07) is 7.45. The molecule has 3 rings (SSSR count). The van der Waals surface area contributed by atoms with E-state index in [0.717, 1.165) is 10.9 Å². The van der Waals surface area contributed by atoms with Crippen molar-refractivity contribution in [1.82, 2.24) is 15.4 Å². The van der Waals surface area contributed by atoms with Crippen molar-refractivity contribution < 1.29 is 14.7 Å². The maximum Gasteiger partial charge on any atom is 0.242 e. The summed E-state index contributed by atoms with van der Waals surface area (Å²) >= 11 is 0. The summed E-state index contributed by atoms with van der Waals surface area (Å²) in [5, 5.41) is 12.3. The Bertz CT molecular complexity index is 831. The lowest BCUT2D eigenvalue weighted by atomic mass is 9.65. The molecule has 0 saturated heterocycles. The van der Waals surface area contributed by atoms with Crippen LogP contribution < -0.4 is 16.0 Å². The summed E-state index contributed by atoms with van der Waals surface area (Å²) < 4.78 is 0. The second kappa shape index (κ2) is 5.98. The van der Waals surface area contributed by atoms with Gasteiger partial charge in [0.25, 0.3) is 0 Å². The molecular weight excluding hydrogens is 320 g/mol. The van der Waals surface area contributed by atoms with Crippen molar-refractivity contribution in [3.05, 3.63) is 30.6 Å². The largest absolute Gasteiger partial charge is 0.550 e. The van der Waals surface area contributed by atoms with Gasteiger partial charge in [0, 0.05) is 22.7 Å². The van der Waals surface area contributed by atoms with Crippen LogP contribution in [0, 0.1) is 16.7 Å². The number of para-hydroxylation sites is 1. The number of hydrazine groups is 1. The number of fused-ring (bicyclic) bond motifs is 1. The number of nitrogens with one attached hydrogen (secondary N) is 2. The lowest BCUT2D eigenvalue weighted by Crippen LogP contribution is -2.50. The van der Waals surface area contributed by atoms with Crippen LogP contribution in [0.1, 0.15) is 33.6 Å². The van der Waals surface area contributed by atoms with Crippen molar-refractivity contribution in [1.29, 1.82) is 0 Å². The third-order valence-corrected chi connectivity index (χ3v) is 5.84. The molecule has 7 heteroatoms. The molecule has 1 fully saturated rings. The van der Waals surface area contributed by atoms with Gasteiger partial charge in [0.05, 0.1) is 5.52 Å². The molecule has 0 aliphatic heterocycles. The minimum absolute atomic E-state index is 0.252. The van der Waals surface area contributed by atoms with E-state index in [4.69, 9.17) is 0 Å². The van der Waals surface area contributed by atoms with Crippen molar-refractivity contribution in [2.45, 2.75) is 33.6 Å². The van der Waals surface area contributed by atoms with Crippen molar-refractivity contribution in [3.8, 4) is 0 Å². The van der Waals surface area contributed by atoms with E-state index >= 15 is 0 Å². The first-order valence-corrected chi connectivity index (χ1v) is 8.24. The van der Waals surface area contributed by atoms with Crippen molar-refractivity contribution in [2.75, 3.05) is 5.43 Å². The Kier molecular flexibility index (Phi) is 4.10. The van der Waals surface area contributed by atoms with Crippen LogP contribution in [0.4, 0.5) is 5.82 Å². The molecule has 1 aliphatic carbocycles. The van der Waals surface area contributed by atoms with Gasteiger partial charge in [0.1, 0.15) is 6.33 Å². The van der Waals surface area contributed by atoms with E-state index in [9.17, 15) is 14.7 Å². The standard InChI is InChI=1S/C18H22N4O3/c1-17(2)12(8-9-18(17,3)16(24)25)15(23)22-21-14-11-6-4-5-7-13(11)19-10-20-14/h4-7,10,12H,8-9H2,1-3H3,(H,22,23)(H,24,25)(H,19,20,21)/p-1/t12-,18-/m0/s1. The second-order valence-corrected chi connectivity index (χ2v) is 7.29. The summed E-state index contributed by atoms with van der Waals surface area (Å²) in [4.78, 5) is 32.5. The van der Waals surface area contributed by atoms with Crippen LogP contribution in [-0.2, 0) is 9.59 Å². The highest BCUT2D eigenvalue weighted by atomic mass is 16.4. The lowest BCUT2D eigenvalue weighted by molar-refractivity contribution is -0.323. The minimum atomic E-state index is -1.11. The predicted octanol–water partition coefficient (Wildman–Crippen LogP) is 1.27. The Morgan fingerprint density at radius 2 is 1.92 bits per heavy atom. The van der Waals surface area contributed by atoms with Crippen molar-refractivity contribution >= 4 is 28.6 Å². The fourth-order valence-corrected chi connectivity index (χ4v) is 3.64. The summed E-state index contributed by atoms with van der Waals surface area (Å²) in [7, 11) is 0. The first-order chi connectivity index (χ1) is 11.8. The fraction of sp³-hybridized carbons (Fsp3) is 0.444. The van der Waals surface area contributed by atoms with E-state index in [1.54, 1.807) is 20.8 Å². The number of carboxylic acid groups (broad SMARTS) is 1. The molecule has 2 N–H and O–H groups in total. The predicted molar refractivity (Wildman–Crippen MR) is 90.9 cm³/mol. The number of aromatic nitrogens is 2. The van der Waals surface area contributed by atoms with E-state index < -0.39 is 22.7 Å². The molecule has 1 heterocycles. The number of carbonyl (C=O) groups excluding carboxylic acids is 2. The molecule has 1 saturated carbocycles. The zero-order chi connectivity index (χ0) is 18.2. The normalized spacial score (nSPS) is 24.8. The van der Waals surface area contributed by atoms with E-state index in [1.807, 2.05) is 24.3 Å². The lowest BCUT2D eigenvalue weighted by Gasteiger charge is -2.41. The van der Waals surface area contributed by atoms with Crippen LogP contribution in [-0.4, -0.2) is 21.8 Å². The van der Waals surface area contributed by atoms with Crippen LogP contribution in [0.2, 0.25) is 0 Å². The smallest absolute Gasteiger partial charge is 0.242 e. The van der Waals surface area contributed by atoms with Gasteiger partial charge >= 0.3 is 0 Å². The average molecular weight is 341 g/mol. The first-order valence-electron chi connectivity index (χ1n) is 8.24. The van der Waals surface area contributed by atoms with E-state index in [1.165, 1.54) is 6.33 Å². The highest BCUT2D eigenvalue weighted by Crippen LogP contribution is 2.55. The molecule has 7 nitrogen and oxygen atoms in total. The number of hydrogen-bond donors (Lipinski definition) is 2. The quantitative estimate of drug-likeness (QED) is 0.811. The summed E-state index contributed by atoms with van der Waals surface area (Å²) in [5.41, 5.74) is 4.53. The topological polar surface area (TPSA) is 107 Å². The van der Waals surface area contributed by atoms with Gasteiger partial charge < -0.3 is 9.90 Å². The number of nitrogens with zero attached hydrogens (tertiary/aromatic N) is 2. The molecule has 1 amide bonds. The van der Waals surface area contributed by atoms with Crippen molar-refractivity contribution in [3.63, 3.8) is 0 Å². The van der Waals surface area contributed by atoms with Gasteiger partial charge in [0.2, 0.25) is 5.91 Å². The number of aliphatic carboxylic acids is 1. The molecule has 2 atom stereocenters. The van der Waals surface area contributed by atoms with E-state index in [2.05, 4.69) is 20.8 Å². The third kappa shape index (κ3) is 2.69. The van der Waals surface area contributed by atoms with Gasteiger partial charge in [-0.15, -0.1) is 0 Å². The molecule has 1 aromatic heterocycles. The van der Waals surface area contributed by atoms with E-state index in [0.29, 0.717) is 18.7 Å². The highest BCUT2D eigenvalue weighted by molar-refractivity contribution is 5.90. The molecule has 25 heavy (non-hydrogen) atoms. The Balaban J connectivity index is 1.76. The molecule has 1 aromatic carbocycles. The monoisotopic (exact) mass is 341 g/mol. The van der Waals surface area contributed by atoms with Gasteiger partial charge in [-0.3, -0.25) is 15.6 Å². The van der Waals surface area contributed by atoms with Gasteiger partial charge in [-0.1, -0.05) is 32.9 Å². The van der Waals surface area contributed by atoms with Gasteiger partial charge in [-0.2, -0.15) is 0 Å². The molecule has 0 radical (unpaired) electrons. The SMILES string of the molecule is CC1(C)[C@H](C(=O)NNc2ncnc3ccccc23)CC[C@@]1(C)C(=O)[O-]. The van der Waals surface area contributed by atoms with Crippen LogP contribution >= 0.6 is 0 Å². The van der Waals surface area contributed by atoms with Crippen molar-refractivity contribution in [2.24, 2.45) is 16.7 Å². The number of rotatable bonds is 4. The maximum absolute atomic E-state index is 12.7. The zero-order valence-electron chi connectivity index (χ0n) is 14.5. The molecule has 2 aromatic rings. The average Bonchev–Trinajstić information content (AvgIpc) is 2.83. The number of amides is 1. The van der Waals surface area contributed by atoms with Crippen LogP contribution in [0.3, 0.4) is 0 Å². The summed E-state index contributed by atoms with van der Waals surface area (Å²) in [6.07, 6.45) is 2.33. The summed E-state index contributed by atoms with van der Waals surface area (Å²) in [5.74, 6) is -1.30. The molecule has 0 spiro atoms. The number of anilines is 1. The van der Waals surface area contributed by atoms with Gasteiger partial charge in [0.15, 0.2) is 5.82 Å². The maximum atomic E-state index is 12.7. The zero-order valence-corrected chi connectivity index (χ0v) is 14.5. The summed E-state index contributed by atoms with van der Waals surface area (Å²) in [6.45, 7) is 5.27. The molecule has 1 aliphatic rings. The third-order valence-electron chi connectivity index (χ3n) is 5.84. The second-order valence-electron chi connectivity index (χ2n) is 7.29. The Morgan fingerprint density at radius 1 is 1.20 bits per heavy atom. The number of carboxylic acids is 1. The Hall–Kier alpha value is -2.70. The number of hydrogen-bond acceptors (Lipinski definition) is 6. The minimum Gasteiger partial charge on any atom is -0.550 e. The van der Waals surface area contributed by atoms with Crippen LogP contribution in [0.5, 0.6) is 0 Å². The van der Waals surface area contributed by atoms with Gasteiger partial charge in [-0.05, 0) is 30.4 Å². The molecular formula is C18H21N4O3-. The van der Waals surface area contributed by atoms with Crippen LogP contribution in [0.25, 0.3) is 10.9 Å². The first kappa shape index (κ1) is 17.1. The number of carbonyl (C=O) groups is 2.